The predicted molar refractivity (Wildman–Crippen MR) is 77.9 cm³/mol. The summed E-state index contributed by atoms with van der Waals surface area (Å²) in [6.07, 6.45) is 0.726. The van der Waals surface area contributed by atoms with Gasteiger partial charge in [-0.25, -0.2) is 0 Å². The van der Waals surface area contributed by atoms with Gasteiger partial charge >= 0.3 is 0 Å². The summed E-state index contributed by atoms with van der Waals surface area (Å²) in [5.41, 5.74) is 2.17. The Morgan fingerprint density at radius 1 is 1.00 bits per heavy atom. The minimum atomic E-state index is -0.0783. The summed E-state index contributed by atoms with van der Waals surface area (Å²) < 4.78 is 1.03. The molecule has 0 fully saturated rings. The minimum Gasteiger partial charge on any atom is -0.117 e. The minimum absolute atomic E-state index is 0.0783. The van der Waals surface area contributed by atoms with Gasteiger partial charge in [0.25, 0.3) is 0 Å². The van der Waals surface area contributed by atoms with E-state index in [1.807, 2.05) is 48.5 Å². The topological polar surface area (TPSA) is 0 Å². The standard InChI is InChI=1S/C14H11BrCl2/c15-12-7-3-2-6-11(12)14(17)9-10-5-1-4-8-13(10)16/h1-8,14H,9H2. The van der Waals surface area contributed by atoms with E-state index in [1.54, 1.807) is 0 Å². The summed E-state index contributed by atoms with van der Waals surface area (Å²) in [6.45, 7) is 0. The van der Waals surface area contributed by atoms with Gasteiger partial charge in [0.1, 0.15) is 0 Å². The Kier molecular flexibility index (Phi) is 4.49. The van der Waals surface area contributed by atoms with Crippen molar-refractivity contribution in [1.82, 2.24) is 0 Å². The van der Waals surface area contributed by atoms with Crippen LogP contribution in [-0.2, 0) is 6.42 Å². The lowest BCUT2D eigenvalue weighted by Crippen LogP contribution is -1.97. The lowest BCUT2D eigenvalue weighted by molar-refractivity contribution is 0.915. The first-order chi connectivity index (χ1) is 8.18. The first-order valence-corrected chi connectivity index (χ1v) is 6.91. The zero-order valence-corrected chi connectivity index (χ0v) is 12.1. The fourth-order valence-electron chi connectivity index (χ4n) is 1.70. The molecule has 0 nitrogen and oxygen atoms in total. The summed E-state index contributed by atoms with van der Waals surface area (Å²) >= 11 is 16.1. The van der Waals surface area contributed by atoms with Crippen molar-refractivity contribution in [2.24, 2.45) is 0 Å². The van der Waals surface area contributed by atoms with Crippen LogP contribution in [0.5, 0.6) is 0 Å². The highest BCUT2D eigenvalue weighted by Crippen LogP contribution is 2.32. The molecule has 0 bridgehead atoms. The van der Waals surface area contributed by atoms with Crippen LogP contribution in [0.1, 0.15) is 16.5 Å². The van der Waals surface area contributed by atoms with E-state index in [-0.39, 0.29) is 5.38 Å². The summed E-state index contributed by atoms with van der Waals surface area (Å²) in [5.74, 6) is 0. The second-order valence-corrected chi connectivity index (χ2v) is 5.57. The average molecular weight is 330 g/mol. The van der Waals surface area contributed by atoms with Gasteiger partial charge in [-0.05, 0) is 29.7 Å². The van der Waals surface area contributed by atoms with Crippen LogP contribution in [0.15, 0.2) is 53.0 Å². The zero-order chi connectivity index (χ0) is 12.3. The van der Waals surface area contributed by atoms with E-state index in [1.165, 1.54) is 0 Å². The highest BCUT2D eigenvalue weighted by atomic mass is 79.9. The quantitative estimate of drug-likeness (QED) is 0.640. The van der Waals surface area contributed by atoms with E-state index in [0.717, 1.165) is 27.0 Å². The third-order valence-electron chi connectivity index (χ3n) is 2.60. The Balaban J connectivity index is 2.20. The molecule has 0 heterocycles. The van der Waals surface area contributed by atoms with E-state index in [2.05, 4.69) is 15.9 Å². The van der Waals surface area contributed by atoms with Crippen LogP contribution in [0.2, 0.25) is 5.02 Å². The summed E-state index contributed by atoms with van der Waals surface area (Å²) in [7, 11) is 0. The SMILES string of the molecule is Clc1ccccc1CC(Cl)c1ccccc1Br. The van der Waals surface area contributed by atoms with E-state index >= 15 is 0 Å². The summed E-state index contributed by atoms with van der Waals surface area (Å²) in [6, 6.07) is 15.8. The first-order valence-electron chi connectivity index (χ1n) is 5.30. The number of hydrogen-bond donors (Lipinski definition) is 0. The van der Waals surface area contributed by atoms with Gasteiger partial charge in [0.2, 0.25) is 0 Å². The largest absolute Gasteiger partial charge is 0.117 e. The van der Waals surface area contributed by atoms with Crippen molar-refractivity contribution in [3.63, 3.8) is 0 Å². The van der Waals surface area contributed by atoms with Crippen molar-refractivity contribution in [3.8, 4) is 0 Å². The van der Waals surface area contributed by atoms with Gasteiger partial charge in [-0.15, -0.1) is 11.6 Å². The van der Waals surface area contributed by atoms with E-state index in [9.17, 15) is 0 Å². The van der Waals surface area contributed by atoms with Gasteiger partial charge in [-0.2, -0.15) is 0 Å². The van der Waals surface area contributed by atoms with Gasteiger partial charge in [-0.3, -0.25) is 0 Å². The molecule has 0 N–H and O–H groups in total. The molecule has 0 aromatic heterocycles. The molecule has 0 saturated heterocycles. The molecule has 1 atom stereocenters. The van der Waals surface area contributed by atoms with Crippen molar-refractivity contribution in [3.05, 3.63) is 69.2 Å². The molecule has 0 amide bonds. The second-order valence-electron chi connectivity index (χ2n) is 3.78. The fourth-order valence-corrected chi connectivity index (χ4v) is 2.96. The second kappa shape index (κ2) is 5.90. The van der Waals surface area contributed by atoms with Gasteiger partial charge in [-0.1, -0.05) is 63.9 Å². The fraction of sp³-hybridized carbons (Fsp3) is 0.143. The molecule has 3 heteroatoms. The molecule has 1 unspecified atom stereocenters. The van der Waals surface area contributed by atoms with Crippen LogP contribution in [0.3, 0.4) is 0 Å². The molecule has 0 aliphatic carbocycles. The van der Waals surface area contributed by atoms with Gasteiger partial charge in [0.15, 0.2) is 0 Å². The zero-order valence-electron chi connectivity index (χ0n) is 9.04. The van der Waals surface area contributed by atoms with Crippen LogP contribution < -0.4 is 0 Å². The molecule has 0 spiro atoms. The van der Waals surface area contributed by atoms with Crippen LogP contribution in [0.25, 0.3) is 0 Å². The number of alkyl halides is 1. The average Bonchev–Trinajstić information content (AvgIpc) is 2.32. The predicted octanol–water partition coefficient (Wildman–Crippen LogP) is 5.63. The molecule has 0 aliphatic rings. The van der Waals surface area contributed by atoms with Crippen molar-refractivity contribution < 1.29 is 0 Å². The Morgan fingerprint density at radius 2 is 1.65 bits per heavy atom. The molecular formula is C14H11BrCl2. The molecule has 2 rings (SSSR count). The Bertz CT molecular complexity index is 511. The maximum absolute atomic E-state index is 6.43. The van der Waals surface area contributed by atoms with Crippen LogP contribution in [0, 0.1) is 0 Å². The third kappa shape index (κ3) is 3.25. The maximum atomic E-state index is 6.43. The van der Waals surface area contributed by atoms with Gasteiger partial charge < -0.3 is 0 Å². The van der Waals surface area contributed by atoms with Crippen molar-refractivity contribution in [2.45, 2.75) is 11.8 Å². The smallest absolute Gasteiger partial charge is 0.0637 e. The Morgan fingerprint density at radius 3 is 2.35 bits per heavy atom. The maximum Gasteiger partial charge on any atom is 0.0637 e. The van der Waals surface area contributed by atoms with E-state index < -0.39 is 0 Å². The number of benzene rings is 2. The van der Waals surface area contributed by atoms with Crippen molar-refractivity contribution >= 4 is 39.1 Å². The highest BCUT2D eigenvalue weighted by Gasteiger charge is 2.13. The highest BCUT2D eigenvalue weighted by molar-refractivity contribution is 9.10. The van der Waals surface area contributed by atoms with E-state index in [0.29, 0.717) is 0 Å². The lowest BCUT2D eigenvalue weighted by Gasteiger charge is -2.12. The van der Waals surface area contributed by atoms with Crippen molar-refractivity contribution in [1.29, 1.82) is 0 Å². The molecule has 0 saturated carbocycles. The Hall–Kier alpha value is -0.500. The molecule has 0 aliphatic heterocycles. The van der Waals surface area contributed by atoms with Gasteiger partial charge in [0, 0.05) is 9.50 Å². The van der Waals surface area contributed by atoms with Crippen LogP contribution >= 0.6 is 39.1 Å². The van der Waals surface area contributed by atoms with Crippen molar-refractivity contribution in [2.75, 3.05) is 0 Å². The number of rotatable bonds is 3. The third-order valence-corrected chi connectivity index (χ3v) is 4.08. The molecule has 2 aromatic carbocycles. The Labute approximate surface area is 120 Å². The molecule has 88 valence electrons. The lowest BCUT2D eigenvalue weighted by atomic mass is 10.0. The number of hydrogen-bond acceptors (Lipinski definition) is 0. The molecule has 2 aromatic rings. The summed E-state index contributed by atoms with van der Waals surface area (Å²) in [5, 5.41) is 0.690. The first kappa shape index (κ1) is 12.9. The van der Waals surface area contributed by atoms with E-state index in [4.69, 9.17) is 23.2 Å². The monoisotopic (exact) mass is 328 g/mol. The summed E-state index contributed by atoms with van der Waals surface area (Å²) in [4.78, 5) is 0. The van der Waals surface area contributed by atoms with Gasteiger partial charge in [0.05, 0.1) is 5.38 Å². The van der Waals surface area contributed by atoms with Crippen LogP contribution in [-0.4, -0.2) is 0 Å². The normalized spacial score (nSPS) is 12.4. The molecular weight excluding hydrogens is 319 g/mol. The van der Waals surface area contributed by atoms with Crippen LogP contribution in [0.4, 0.5) is 0 Å². The molecule has 0 radical (unpaired) electrons. The number of halogens is 3. The molecule has 17 heavy (non-hydrogen) atoms.